The second-order valence-electron chi connectivity index (χ2n) is 6.40. The van der Waals surface area contributed by atoms with Gasteiger partial charge in [0.25, 0.3) is 5.91 Å². The standard InChI is InChI=1S/C22H19Cl2NO3S2/c1-3-7-25-21(26)19(30-22(25)29)12-15-11-16(23)13-18(24)20(15)28-9-8-27-17-6-4-5-14(2)10-17/h3-6,10-13H,1,7-9H2,2H3/b19-12-. The van der Waals surface area contributed by atoms with Crippen molar-refractivity contribution in [3.8, 4) is 11.5 Å². The third-order valence-corrected chi connectivity index (χ3v) is 5.97. The van der Waals surface area contributed by atoms with Crippen LogP contribution in [-0.2, 0) is 4.79 Å². The lowest BCUT2D eigenvalue weighted by atomic mass is 10.1. The third-order valence-electron chi connectivity index (χ3n) is 4.10. The van der Waals surface area contributed by atoms with Crippen LogP contribution in [0.2, 0.25) is 10.0 Å². The summed E-state index contributed by atoms with van der Waals surface area (Å²) in [6.45, 7) is 6.63. The highest BCUT2D eigenvalue weighted by Gasteiger charge is 2.31. The fraction of sp³-hybridized carbons (Fsp3) is 0.182. The Bertz CT molecular complexity index is 1020. The summed E-state index contributed by atoms with van der Waals surface area (Å²) < 4.78 is 12.1. The number of nitrogens with zero attached hydrogens (tertiary/aromatic N) is 1. The van der Waals surface area contributed by atoms with Gasteiger partial charge in [0.15, 0.2) is 0 Å². The molecule has 0 bridgehead atoms. The Morgan fingerprint density at radius 3 is 2.70 bits per heavy atom. The maximum atomic E-state index is 12.6. The number of thioether (sulfide) groups is 1. The maximum absolute atomic E-state index is 12.6. The molecule has 4 nitrogen and oxygen atoms in total. The number of hydrogen-bond acceptors (Lipinski definition) is 5. The first-order chi connectivity index (χ1) is 14.4. The van der Waals surface area contributed by atoms with Gasteiger partial charge in [-0.05, 0) is 42.8 Å². The van der Waals surface area contributed by atoms with E-state index in [9.17, 15) is 4.79 Å². The van der Waals surface area contributed by atoms with E-state index in [1.807, 2.05) is 31.2 Å². The maximum Gasteiger partial charge on any atom is 0.266 e. The number of carbonyl (C=O) groups excluding carboxylic acids is 1. The fourth-order valence-electron chi connectivity index (χ4n) is 2.78. The van der Waals surface area contributed by atoms with Crippen LogP contribution in [0.3, 0.4) is 0 Å². The lowest BCUT2D eigenvalue weighted by molar-refractivity contribution is -0.121. The normalized spacial score (nSPS) is 15.0. The second-order valence-corrected chi connectivity index (χ2v) is 8.92. The van der Waals surface area contributed by atoms with Crippen molar-refractivity contribution in [2.24, 2.45) is 0 Å². The molecule has 2 aromatic carbocycles. The first kappa shape index (κ1) is 22.7. The molecule has 3 rings (SSSR count). The average Bonchev–Trinajstić information content (AvgIpc) is 2.94. The third kappa shape index (κ3) is 5.58. The Morgan fingerprint density at radius 1 is 1.20 bits per heavy atom. The van der Waals surface area contributed by atoms with Crippen LogP contribution >= 0.6 is 47.2 Å². The average molecular weight is 480 g/mol. The lowest BCUT2D eigenvalue weighted by Gasteiger charge is -2.13. The largest absolute Gasteiger partial charge is 0.490 e. The van der Waals surface area contributed by atoms with E-state index >= 15 is 0 Å². The zero-order chi connectivity index (χ0) is 21.7. The van der Waals surface area contributed by atoms with Crippen molar-refractivity contribution in [3.05, 3.63) is 75.1 Å². The smallest absolute Gasteiger partial charge is 0.266 e. The molecule has 1 aliphatic rings. The molecule has 0 radical (unpaired) electrons. The van der Waals surface area contributed by atoms with Gasteiger partial charge in [-0.25, -0.2) is 0 Å². The molecular formula is C22H19Cl2NO3S2. The highest BCUT2D eigenvalue weighted by molar-refractivity contribution is 8.26. The summed E-state index contributed by atoms with van der Waals surface area (Å²) in [6.07, 6.45) is 3.32. The van der Waals surface area contributed by atoms with E-state index in [-0.39, 0.29) is 12.5 Å². The summed E-state index contributed by atoms with van der Waals surface area (Å²) in [5.41, 5.74) is 1.72. The molecule has 0 aliphatic carbocycles. The summed E-state index contributed by atoms with van der Waals surface area (Å²) in [4.78, 5) is 14.6. The molecule has 0 spiro atoms. The number of rotatable bonds is 8. The minimum absolute atomic E-state index is 0.185. The first-order valence-electron chi connectivity index (χ1n) is 9.06. The van der Waals surface area contributed by atoms with Gasteiger partial charge in [0.05, 0.1) is 9.93 Å². The number of benzene rings is 2. The summed E-state index contributed by atoms with van der Waals surface area (Å²) in [6, 6.07) is 11.1. The Hall–Kier alpha value is -1.99. The Morgan fingerprint density at radius 2 is 1.97 bits per heavy atom. The quantitative estimate of drug-likeness (QED) is 0.196. The molecule has 0 atom stereocenters. The molecule has 156 valence electrons. The highest BCUT2D eigenvalue weighted by Crippen LogP contribution is 2.38. The van der Waals surface area contributed by atoms with Gasteiger partial charge >= 0.3 is 0 Å². The molecule has 0 N–H and O–H groups in total. The van der Waals surface area contributed by atoms with Crippen LogP contribution in [0.1, 0.15) is 11.1 Å². The second kappa shape index (κ2) is 10.4. The van der Waals surface area contributed by atoms with Crippen molar-refractivity contribution < 1.29 is 14.3 Å². The summed E-state index contributed by atoms with van der Waals surface area (Å²) >= 11 is 19.0. The summed E-state index contributed by atoms with van der Waals surface area (Å²) in [5, 5.41) is 0.794. The van der Waals surface area contributed by atoms with Crippen LogP contribution in [0.4, 0.5) is 0 Å². The number of halogens is 2. The van der Waals surface area contributed by atoms with E-state index in [1.54, 1.807) is 24.3 Å². The van der Waals surface area contributed by atoms with Crippen molar-refractivity contribution in [2.45, 2.75) is 6.92 Å². The molecule has 2 aromatic rings. The molecule has 8 heteroatoms. The molecule has 1 heterocycles. The zero-order valence-corrected chi connectivity index (χ0v) is 19.3. The summed E-state index contributed by atoms with van der Waals surface area (Å²) in [7, 11) is 0. The minimum atomic E-state index is -0.185. The Labute approximate surface area is 195 Å². The topological polar surface area (TPSA) is 38.8 Å². The van der Waals surface area contributed by atoms with Gasteiger partial charge in [-0.1, -0.05) is 65.4 Å². The van der Waals surface area contributed by atoms with E-state index in [4.69, 9.17) is 44.9 Å². The van der Waals surface area contributed by atoms with E-state index < -0.39 is 0 Å². The first-order valence-corrected chi connectivity index (χ1v) is 11.0. The van der Waals surface area contributed by atoms with Gasteiger partial charge < -0.3 is 9.47 Å². The van der Waals surface area contributed by atoms with Crippen molar-refractivity contribution >= 4 is 63.5 Å². The highest BCUT2D eigenvalue weighted by atomic mass is 35.5. The Kier molecular flexibility index (Phi) is 7.83. The van der Waals surface area contributed by atoms with Gasteiger partial charge in [-0.15, -0.1) is 6.58 Å². The molecule has 0 unspecified atom stereocenters. The number of amides is 1. The molecule has 30 heavy (non-hydrogen) atoms. The fourth-order valence-corrected chi connectivity index (χ4v) is 4.61. The van der Waals surface area contributed by atoms with Crippen LogP contribution in [0.15, 0.2) is 54.0 Å². The van der Waals surface area contributed by atoms with Gasteiger partial charge in [-0.3, -0.25) is 9.69 Å². The number of carbonyl (C=O) groups is 1. The lowest BCUT2D eigenvalue weighted by Crippen LogP contribution is -2.27. The molecule has 1 saturated heterocycles. The molecule has 1 aliphatic heterocycles. The van der Waals surface area contributed by atoms with Crippen LogP contribution in [0.5, 0.6) is 11.5 Å². The van der Waals surface area contributed by atoms with Crippen LogP contribution in [0.25, 0.3) is 6.08 Å². The van der Waals surface area contributed by atoms with Crippen LogP contribution in [0, 0.1) is 6.92 Å². The van der Waals surface area contributed by atoms with E-state index in [0.29, 0.717) is 43.7 Å². The van der Waals surface area contributed by atoms with Gasteiger partial charge in [0.2, 0.25) is 0 Å². The molecule has 1 fully saturated rings. The van der Waals surface area contributed by atoms with E-state index in [0.717, 1.165) is 11.3 Å². The van der Waals surface area contributed by atoms with Gasteiger partial charge in [-0.2, -0.15) is 0 Å². The van der Waals surface area contributed by atoms with Gasteiger partial charge in [0, 0.05) is 17.1 Å². The van der Waals surface area contributed by atoms with Crippen LogP contribution in [-0.4, -0.2) is 34.9 Å². The van der Waals surface area contributed by atoms with Gasteiger partial charge in [0.1, 0.15) is 29.0 Å². The van der Waals surface area contributed by atoms with Crippen molar-refractivity contribution in [2.75, 3.05) is 19.8 Å². The SMILES string of the molecule is C=CCN1C(=O)/C(=C/c2cc(Cl)cc(Cl)c2OCCOc2cccc(C)c2)SC1=S. The van der Waals surface area contributed by atoms with E-state index in [1.165, 1.54) is 16.7 Å². The van der Waals surface area contributed by atoms with Crippen molar-refractivity contribution in [3.63, 3.8) is 0 Å². The summed E-state index contributed by atoms with van der Waals surface area (Å²) in [5.74, 6) is 1.02. The Balaban J connectivity index is 1.75. The predicted molar refractivity (Wildman–Crippen MR) is 129 cm³/mol. The van der Waals surface area contributed by atoms with Crippen molar-refractivity contribution in [1.29, 1.82) is 0 Å². The number of ether oxygens (including phenoxy) is 2. The monoisotopic (exact) mass is 479 g/mol. The minimum Gasteiger partial charge on any atom is -0.490 e. The molecule has 0 saturated carbocycles. The number of aryl methyl sites for hydroxylation is 1. The number of thiocarbonyl (C=S) groups is 1. The zero-order valence-electron chi connectivity index (χ0n) is 16.2. The molecule has 0 aromatic heterocycles. The van der Waals surface area contributed by atoms with E-state index in [2.05, 4.69) is 6.58 Å². The predicted octanol–water partition coefficient (Wildman–Crippen LogP) is 6.15. The molecule has 1 amide bonds. The number of hydrogen-bond donors (Lipinski definition) is 0. The molecular weight excluding hydrogens is 461 g/mol. The van der Waals surface area contributed by atoms with Crippen molar-refractivity contribution in [1.82, 2.24) is 4.90 Å². The van der Waals surface area contributed by atoms with Crippen LogP contribution < -0.4 is 9.47 Å².